The molecule has 1 aliphatic carbocycles. The summed E-state index contributed by atoms with van der Waals surface area (Å²) in [7, 11) is 0. The molecule has 0 bridgehead atoms. The van der Waals surface area contributed by atoms with Crippen molar-refractivity contribution < 1.29 is 4.79 Å². The lowest BCUT2D eigenvalue weighted by Crippen LogP contribution is -2.26. The van der Waals surface area contributed by atoms with Crippen LogP contribution in [0.4, 0.5) is 5.82 Å². The molecule has 0 aromatic carbocycles. The summed E-state index contributed by atoms with van der Waals surface area (Å²) in [5.74, 6) is 0.502. The maximum Gasteiger partial charge on any atom is 0.270 e. The Balaban J connectivity index is 2.01. The van der Waals surface area contributed by atoms with Gasteiger partial charge in [0.05, 0.1) is 0 Å². The second kappa shape index (κ2) is 4.74. The van der Waals surface area contributed by atoms with E-state index in [1.807, 2.05) is 0 Å². The average molecular weight is 218 g/mol. The number of aromatic nitrogens is 2. The minimum Gasteiger partial charge on any atom is -0.366 e. The van der Waals surface area contributed by atoms with E-state index in [1.54, 1.807) is 12.1 Å². The van der Waals surface area contributed by atoms with E-state index in [9.17, 15) is 4.79 Å². The van der Waals surface area contributed by atoms with Crippen LogP contribution in [0.15, 0.2) is 25.0 Å². The third kappa shape index (κ3) is 2.79. The lowest BCUT2D eigenvalue weighted by Gasteiger charge is -2.05. The number of nitrogens with one attached hydrogen (secondary N) is 2. The largest absolute Gasteiger partial charge is 0.366 e. The standard InChI is InChI=1S/C11H14N4O/c1-2-5-12-10-6-9(13-7-14-10)11(16)15-8-3-4-8/h2,6-8H,1,3-5H2,(H,15,16)(H,12,13,14). The third-order valence-electron chi connectivity index (χ3n) is 2.24. The first-order valence-electron chi connectivity index (χ1n) is 5.27. The molecule has 0 spiro atoms. The van der Waals surface area contributed by atoms with E-state index in [0.717, 1.165) is 12.8 Å². The van der Waals surface area contributed by atoms with Gasteiger partial charge in [-0.3, -0.25) is 4.79 Å². The molecule has 0 aliphatic heterocycles. The fourth-order valence-electron chi connectivity index (χ4n) is 1.24. The van der Waals surface area contributed by atoms with Crippen LogP contribution in [0.5, 0.6) is 0 Å². The summed E-state index contributed by atoms with van der Waals surface area (Å²) in [4.78, 5) is 19.6. The van der Waals surface area contributed by atoms with E-state index in [4.69, 9.17) is 0 Å². The summed E-state index contributed by atoms with van der Waals surface area (Å²) in [5, 5.41) is 5.89. The van der Waals surface area contributed by atoms with E-state index in [1.165, 1.54) is 6.33 Å². The van der Waals surface area contributed by atoms with Crippen LogP contribution < -0.4 is 10.6 Å². The van der Waals surface area contributed by atoms with Crippen molar-refractivity contribution in [3.63, 3.8) is 0 Å². The topological polar surface area (TPSA) is 66.9 Å². The van der Waals surface area contributed by atoms with Gasteiger partial charge in [-0.1, -0.05) is 6.08 Å². The molecule has 1 aliphatic rings. The first-order chi connectivity index (χ1) is 7.79. The van der Waals surface area contributed by atoms with Crippen molar-refractivity contribution in [1.82, 2.24) is 15.3 Å². The quantitative estimate of drug-likeness (QED) is 0.722. The lowest BCUT2D eigenvalue weighted by molar-refractivity contribution is 0.0946. The number of amides is 1. The van der Waals surface area contributed by atoms with Crippen LogP contribution in [0.25, 0.3) is 0 Å². The fourth-order valence-corrected chi connectivity index (χ4v) is 1.24. The van der Waals surface area contributed by atoms with Gasteiger partial charge in [-0.2, -0.15) is 0 Å². The molecule has 1 amide bonds. The normalized spacial score (nSPS) is 14.2. The molecule has 0 atom stereocenters. The van der Waals surface area contributed by atoms with Crippen molar-refractivity contribution in [3.05, 3.63) is 30.7 Å². The second-order valence-corrected chi connectivity index (χ2v) is 3.71. The maximum atomic E-state index is 11.7. The van der Waals surface area contributed by atoms with Gasteiger partial charge in [0, 0.05) is 18.7 Å². The molecule has 84 valence electrons. The van der Waals surface area contributed by atoms with Gasteiger partial charge in [0.2, 0.25) is 0 Å². The van der Waals surface area contributed by atoms with Crippen LogP contribution in [-0.4, -0.2) is 28.5 Å². The minimum absolute atomic E-state index is 0.133. The lowest BCUT2D eigenvalue weighted by atomic mass is 10.3. The molecule has 5 heteroatoms. The van der Waals surface area contributed by atoms with Crippen LogP contribution in [0.2, 0.25) is 0 Å². The monoisotopic (exact) mass is 218 g/mol. The summed E-state index contributed by atoms with van der Waals surface area (Å²) in [6.45, 7) is 4.21. The van der Waals surface area contributed by atoms with Crippen LogP contribution in [0, 0.1) is 0 Å². The van der Waals surface area contributed by atoms with Gasteiger partial charge in [-0.25, -0.2) is 9.97 Å². The van der Waals surface area contributed by atoms with Crippen molar-refractivity contribution >= 4 is 11.7 Å². The molecule has 0 unspecified atom stereocenters. The highest BCUT2D eigenvalue weighted by Crippen LogP contribution is 2.19. The zero-order valence-corrected chi connectivity index (χ0v) is 8.94. The predicted molar refractivity (Wildman–Crippen MR) is 61.2 cm³/mol. The summed E-state index contributed by atoms with van der Waals surface area (Å²) in [5.41, 5.74) is 0.397. The smallest absolute Gasteiger partial charge is 0.270 e. The number of carbonyl (C=O) groups excluding carboxylic acids is 1. The summed E-state index contributed by atoms with van der Waals surface area (Å²) in [6, 6.07) is 1.98. The molecule has 2 rings (SSSR count). The molecule has 1 aromatic rings. The van der Waals surface area contributed by atoms with E-state index in [0.29, 0.717) is 24.1 Å². The Hall–Kier alpha value is -1.91. The molecule has 2 N–H and O–H groups in total. The van der Waals surface area contributed by atoms with Gasteiger partial charge in [-0.05, 0) is 12.8 Å². The number of hydrogen-bond donors (Lipinski definition) is 2. The van der Waals surface area contributed by atoms with E-state index < -0.39 is 0 Å². The molecule has 0 radical (unpaired) electrons. The molecule has 1 fully saturated rings. The molecule has 1 heterocycles. The zero-order valence-electron chi connectivity index (χ0n) is 8.94. The van der Waals surface area contributed by atoms with Crippen molar-refractivity contribution in [1.29, 1.82) is 0 Å². The molecule has 5 nitrogen and oxygen atoms in total. The van der Waals surface area contributed by atoms with Crippen molar-refractivity contribution in [2.45, 2.75) is 18.9 Å². The van der Waals surface area contributed by atoms with Crippen LogP contribution >= 0.6 is 0 Å². The fraction of sp³-hybridized carbons (Fsp3) is 0.364. The Bertz CT molecular complexity index is 401. The van der Waals surface area contributed by atoms with E-state index >= 15 is 0 Å². The summed E-state index contributed by atoms with van der Waals surface area (Å²) >= 11 is 0. The SMILES string of the molecule is C=CCNc1cc(C(=O)NC2CC2)ncn1. The van der Waals surface area contributed by atoms with Gasteiger partial charge < -0.3 is 10.6 Å². The Morgan fingerprint density at radius 1 is 1.56 bits per heavy atom. The Morgan fingerprint density at radius 3 is 3.06 bits per heavy atom. The number of anilines is 1. The minimum atomic E-state index is -0.133. The summed E-state index contributed by atoms with van der Waals surface area (Å²) < 4.78 is 0. The van der Waals surface area contributed by atoms with Crippen LogP contribution in [0.3, 0.4) is 0 Å². The van der Waals surface area contributed by atoms with Gasteiger partial charge in [-0.15, -0.1) is 6.58 Å². The second-order valence-electron chi connectivity index (χ2n) is 3.71. The van der Waals surface area contributed by atoms with Gasteiger partial charge in [0.25, 0.3) is 5.91 Å². The molecular weight excluding hydrogens is 204 g/mol. The molecule has 1 saturated carbocycles. The number of rotatable bonds is 5. The molecule has 1 aromatic heterocycles. The highest BCUT2D eigenvalue weighted by atomic mass is 16.2. The van der Waals surface area contributed by atoms with Gasteiger partial charge in [0.1, 0.15) is 17.8 Å². The molecule has 0 saturated heterocycles. The number of nitrogens with zero attached hydrogens (tertiary/aromatic N) is 2. The number of hydrogen-bond acceptors (Lipinski definition) is 4. The van der Waals surface area contributed by atoms with Crippen LogP contribution in [0.1, 0.15) is 23.3 Å². The predicted octanol–water partition coefficient (Wildman–Crippen LogP) is 0.967. The summed E-state index contributed by atoms with van der Waals surface area (Å²) in [6.07, 6.45) is 5.25. The molecular formula is C11H14N4O. The van der Waals surface area contributed by atoms with Crippen molar-refractivity contribution in [3.8, 4) is 0 Å². The van der Waals surface area contributed by atoms with Gasteiger partial charge in [0.15, 0.2) is 0 Å². The first-order valence-corrected chi connectivity index (χ1v) is 5.27. The van der Waals surface area contributed by atoms with Gasteiger partial charge >= 0.3 is 0 Å². The maximum absolute atomic E-state index is 11.7. The third-order valence-corrected chi connectivity index (χ3v) is 2.24. The zero-order chi connectivity index (χ0) is 11.4. The van der Waals surface area contributed by atoms with E-state index in [-0.39, 0.29) is 5.91 Å². The highest BCUT2D eigenvalue weighted by molar-refractivity contribution is 5.93. The first kappa shape index (κ1) is 10.6. The van der Waals surface area contributed by atoms with Crippen molar-refractivity contribution in [2.75, 3.05) is 11.9 Å². The average Bonchev–Trinajstić information content (AvgIpc) is 3.10. The Morgan fingerprint density at radius 2 is 2.38 bits per heavy atom. The number of carbonyl (C=O) groups is 1. The Labute approximate surface area is 94.0 Å². The van der Waals surface area contributed by atoms with E-state index in [2.05, 4.69) is 27.2 Å². The van der Waals surface area contributed by atoms with Crippen LogP contribution in [-0.2, 0) is 0 Å². The molecule has 16 heavy (non-hydrogen) atoms. The Kier molecular flexibility index (Phi) is 3.14. The van der Waals surface area contributed by atoms with Crippen molar-refractivity contribution in [2.24, 2.45) is 0 Å². The highest BCUT2D eigenvalue weighted by Gasteiger charge is 2.24.